The van der Waals surface area contributed by atoms with Crippen LogP contribution in [0.5, 0.6) is 0 Å². The van der Waals surface area contributed by atoms with E-state index in [1.807, 2.05) is 30.3 Å². The Morgan fingerprint density at radius 2 is 2.04 bits per heavy atom. The third-order valence-corrected chi connectivity index (χ3v) is 5.47. The SMILES string of the molecule is N#C[C@H](C(=O)C1CCN(CC(F)(F)F)CC1)c1nc2ccccc2s1. The number of benzene rings is 1. The minimum Gasteiger partial charge on any atom is -0.297 e. The molecule has 0 spiro atoms. The molecule has 8 heteroatoms. The zero-order chi connectivity index (χ0) is 18.0. The third kappa shape index (κ3) is 4.17. The fourth-order valence-corrected chi connectivity index (χ4v) is 4.14. The van der Waals surface area contributed by atoms with Gasteiger partial charge in [0.05, 0.1) is 22.8 Å². The molecular formula is C17H16F3N3OS. The van der Waals surface area contributed by atoms with E-state index in [1.54, 1.807) is 0 Å². The zero-order valence-electron chi connectivity index (χ0n) is 13.3. The predicted octanol–water partition coefficient (Wildman–Crippen LogP) is 3.75. The highest BCUT2D eigenvalue weighted by atomic mass is 32.1. The van der Waals surface area contributed by atoms with Crippen LogP contribution in [-0.4, -0.2) is 41.5 Å². The van der Waals surface area contributed by atoms with Crippen LogP contribution in [0.2, 0.25) is 0 Å². The molecule has 1 aliphatic heterocycles. The molecule has 2 aromatic rings. The van der Waals surface area contributed by atoms with E-state index in [2.05, 4.69) is 4.98 Å². The first-order valence-electron chi connectivity index (χ1n) is 7.95. The lowest BCUT2D eigenvalue weighted by atomic mass is 9.86. The van der Waals surface area contributed by atoms with E-state index in [-0.39, 0.29) is 24.8 Å². The number of para-hydroxylation sites is 1. The molecule has 1 aliphatic rings. The van der Waals surface area contributed by atoms with Gasteiger partial charge in [-0.3, -0.25) is 9.69 Å². The van der Waals surface area contributed by atoms with Crippen LogP contribution < -0.4 is 0 Å². The summed E-state index contributed by atoms with van der Waals surface area (Å²) in [5.41, 5.74) is 0.746. The number of nitrogens with zero attached hydrogens (tertiary/aromatic N) is 3. The van der Waals surface area contributed by atoms with Gasteiger partial charge in [0.15, 0.2) is 11.7 Å². The maximum Gasteiger partial charge on any atom is 0.401 e. The van der Waals surface area contributed by atoms with Gasteiger partial charge in [0, 0.05) is 5.92 Å². The Kier molecular flexibility index (Phi) is 5.06. The molecule has 132 valence electrons. The fourth-order valence-electron chi connectivity index (χ4n) is 3.12. The minimum absolute atomic E-state index is 0.216. The number of fused-ring (bicyclic) bond motifs is 1. The number of hydrogen-bond donors (Lipinski definition) is 0. The van der Waals surface area contributed by atoms with Crippen LogP contribution in [0.4, 0.5) is 13.2 Å². The molecule has 25 heavy (non-hydrogen) atoms. The van der Waals surface area contributed by atoms with Crippen LogP contribution in [0.3, 0.4) is 0 Å². The smallest absolute Gasteiger partial charge is 0.297 e. The van der Waals surface area contributed by atoms with Crippen molar-refractivity contribution in [2.24, 2.45) is 5.92 Å². The summed E-state index contributed by atoms with van der Waals surface area (Å²) in [6, 6.07) is 9.44. The number of rotatable bonds is 4. The Hall–Kier alpha value is -1.98. The van der Waals surface area contributed by atoms with E-state index in [9.17, 15) is 23.2 Å². The first-order chi connectivity index (χ1) is 11.9. The van der Waals surface area contributed by atoms with Gasteiger partial charge in [-0.05, 0) is 38.1 Å². The van der Waals surface area contributed by atoms with Crippen molar-refractivity contribution < 1.29 is 18.0 Å². The largest absolute Gasteiger partial charge is 0.401 e. The summed E-state index contributed by atoms with van der Waals surface area (Å²) in [5, 5.41) is 9.91. The van der Waals surface area contributed by atoms with Crippen LogP contribution in [0.1, 0.15) is 23.8 Å². The lowest BCUT2D eigenvalue weighted by molar-refractivity contribution is -0.149. The molecule has 0 unspecified atom stereocenters. The van der Waals surface area contributed by atoms with Crippen molar-refractivity contribution in [3.8, 4) is 6.07 Å². The van der Waals surface area contributed by atoms with Gasteiger partial charge in [-0.25, -0.2) is 4.98 Å². The quantitative estimate of drug-likeness (QED) is 0.826. The highest BCUT2D eigenvalue weighted by Gasteiger charge is 2.36. The number of halogens is 3. The number of carbonyl (C=O) groups excluding carboxylic acids is 1. The van der Waals surface area contributed by atoms with Crippen molar-refractivity contribution in [3.05, 3.63) is 29.3 Å². The van der Waals surface area contributed by atoms with Crippen molar-refractivity contribution in [1.82, 2.24) is 9.88 Å². The molecule has 0 bridgehead atoms. The molecule has 0 aliphatic carbocycles. The monoisotopic (exact) mass is 367 g/mol. The number of ketones is 1. The Balaban J connectivity index is 1.68. The third-order valence-electron chi connectivity index (χ3n) is 4.36. The van der Waals surface area contributed by atoms with E-state index in [1.165, 1.54) is 16.2 Å². The number of likely N-dealkylation sites (tertiary alicyclic amines) is 1. The summed E-state index contributed by atoms with van der Waals surface area (Å²) in [4.78, 5) is 18.4. The van der Waals surface area contributed by atoms with Crippen molar-refractivity contribution in [2.45, 2.75) is 24.9 Å². The lowest BCUT2D eigenvalue weighted by Gasteiger charge is -2.32. The molecule has 0 amide bonds. The number of thiazole rings is 1. The van der Waals surface area contributed by atoms with E-state index in [0.717, 1.165) is 10.2 Å². The number of piperidine rings is 1. The second kappa shape index (κ2) is 7.10. The fraction of sp³-hybridized carbons (Fsp3) is 0.471. The summed E-state index contributed by atoms with van der Waals surface area (Å²) in [6.45, 7) is -0.519. The maximum atomic E-state index is 12.7. The van der Waals surface area contributed by atoms with Gasteiger partial charge in [-0.15, -0.1) is 11.3 Å². The summed E-state index contributed by atoms with van der Waals surface area (Å²) < 4.78 is 38.2. The highest BCUT2D eigenvalue weighted by Crippen LogP contribution is 2.32. The predicted molar refractivity (Wildman–Crippen MR) is 88.2 cm³/mol. The van der Waals surface area contributed by atoms with Gasteiger partial charge in [0.2, 0.25) is 0 Å². The molecule has 1 aromatic heterocycles. The molecule has 1 aromatic carbocycles. The topological polar surface area (TPSA) is 57.0 Å². The minimum atomic E-state index is -4.23. The number of carbonyl (C=O) groups is 1. The molecule has 0 N–H and O–H groups in total. The first-order valence-corrected chi connectivity index (χ1v) is 8.77. The van der Waals surface area contributed by atoms with Crippen LogP contribution in [0, 0.1) is 17.2 Å². The highest BCUT2D eigenvalue weighted by molar-refractivity contribution is 7.18. The molecule has 1 atom stereocenters. The van der Waals surface area contributed by atoms with E-state index >= 15 is 0 Å². The molecule has 2 heterocycles. The van der Waals surface area contributed by atoms with E-state index in [4.69, 9.17) is 0 Å². The second-order valence-electron chi connectivity index (χ2n) is 6.15. The molecule has 0 saturated carbocycles. The van der Waals surface area contributed by atoms with Gasteiger partial charge in [0.1, 0.15) is 5.01 Å². The molecular weight excluding hydrogens is 351 g/mol. The summed E-state index contributed by atoms with van der Waals surface area (Å²) >= 11 is 1.32. The lowest BCUT2D eigenvalue weighted by Crippen LogP contribution is -2.42. The number of hydrogen-bond acceptors (Lipinski definition) is 5. The Morgan fingerprint density at radius 1 is 1.36 bits per heavy atom. The standard InChI is InChI=1S/C17H16F3N3OS/c18-17(19,20)10-23-7-5-11(6-8-23)15(24)12(9-21)16-22-13-3-1-2-4-14(13)25-16/h1-4,11-12H,5-8,10H2/t12-/m1/s1. The van der Waals surface area contributed by atoms with Crippen LogP contribution >= 0.6 is 11.3 Å². The number of nitriles is 1. The molecule has 3 rings (SSSR count). The Morgan fingerprint density at radius 3 is 2.64 bits per heavy atom. The Labute approximate surface area is 146 Å². The zero-order valence-corrected chi connectivity index (χ0v) is 14.1. The molecule has 4 nitrogen and oxygen atoms in total. The number of aromatic nitrogens is 1. The average molecular weight is 367 g/mol. The number of alkyl halides is 3. The van der Waals surface area contributed by atoms with E-state index in [0.29, 0.717) is 17.8 Å². The van der Waals surface area contributed by atoms with Gasteiger partial charge in [0.25, 0.3) is 0 Å². The van der Waals surface area contributed by atoms with Crippen LogP contribution in [0.15, 0.2) is 24.3 Å². The Bertz CT molecular complexity index is 770. The van der Waals surface area contributed by atoms with Gasteiger partial charge >= 0.3 is 6.18 Å². The molecule has 1 saturated heterocycles. The van der Waals surface area contributed by atoms with Crippen molar-refractivity contribution in [1.29, 1.82) is 5.26 Å². The van der Waals surface area contributed by atoms with Gasteiger partial charge in [-0.1, -0.05) is 12.1 Å². The summed E-state index contributed by atoms with van der Waals surface area (Å²) in [6.07, 6.45) is -3.54. The van der Waals surface area contributed by atoms with Crippen molar-refractivity contribution in [3.63, 3.8) is 0 Å². The molecule has 0 radical (unpaired) electrons. The van der Waals surface area contributed by atoms with Gasteiger partial charge < -0.3 is 0 Å². The average Bonchev–Trinajstić information content (AvgIpc) is 2.98. The van der Waals surface area contributed by atoms with Gasteiger partial charge in [-0.2, -0.15) is 18.4 Å². The molecule has 1 fully saturated rings. The van der Waals surface area contributed by atoms with Crippen LogP contribution in [-0.2, 0) is 4.79 Å². The van der Waals surface area contributed by atoms with Crippen LogP contribution in [0.25, 0.3) is 10.2 Å². The number of Topliss-reactive ketones (excluding diaryl/α,β-unsaturated/α-hetero) is 1. The van der Waals surface area contributed by atoms with Crippen molar-refractivity contribution >= 4 is 27.3 Å². The summed E-state index contributed by atoms with van der Waals surface area (Å²) in [5.74, 6) is -1.56. The first kappa shape index (κ1) is 17.8. The van der Waals surface area contributed by atoms with Crippen molar-refractivity contribution in [2.75, 3.05) is 19.6 Å². The normalized spacial score (nSPS) is 18.2. The van der Waals surface area contributed by atoms with E-state index < -0.39 is 18.6 Å². The second-order valence-corrected chi connectivity index (χ2v) is 7.21. The summed E-state index contributed by atoms with van der Waals surface area (Å²) in [7, 11) is 0. The maximum absolute atomic E-state index is 12.7.